The van der Waals surface area contributed by atoms with Gasteiger partial charge in [-0.3, -0.25) is 0 Å². The summed E-state index contributed by atoms with van der Waals surface area (Å²) in [5, 5.41) is 4.10. The zero-order chi connectivity index (χ0) is 19.7. The molecule has 0 aliphatic carbocycles. The molecule has 0 unspecified atom stereocenters. The highest BCUT2D eigenvalue weighted by Gasteiger charge is 2.10. The largest absolute Gasteiger partial charge is 0.346 e. The fraction of sp³-hybridized carbons (Fsp3) is 0.227. The first-order valence-electron chi connectivity index (χ1n) is 9.29. The summed E-state index contributed by atoms with van der Waals surface area (Å²) in [4.78, 5) is 16.8. The maximum atomic E-state index is 4.62. The molecule has 4 aromatic rings. The minimum atomic E-state index is 0.308. The quantitative estimate of drug-likeness (QED) is 0.516. The molecule has 2 N–H and O–H groups in total. The van der Waals surface area contributed by atoms with E-state index in [1.165, 1.54) is 0 Å². The third kappa shape index (κ3) is 3.23. The van der Waals surface area contributed by atoms with Crippen molar-refractivity contribution < 1.29 is 0 Å². The molecule has 0 amide bonds. The second kappa shape index (κ2) is 7.20. The number of nitrogens with zero attached hydrogens (tertiary/aromatic N) is 4. The maximum Gasteiger partial charge on any atom is 0.230 e. The molecule has 0 bridgehead atoms. The van der Waals surface area contributed by atoms with E-state index in [0.717, 1.165) is 33.3 Å². The van der Waals surface area contributed by atoms with Crippen LogP contribution in [0.25, 0.3) is 22.1 Å². The SMILES string of the molecule is C/C=C(\C)Nc1nc(C#Cc2cccc3ncn(C(C)C)c23)c2cc[nH]c2n1. The average Bonchev–Trinajstić information content (AvgIpc) is 3.33. The number of nitrogens with one attached hydrogen (secondary N) is 2. The summed E-state index contributed by atoms with van der Waals surface area (Å²) in [7, 11) is 0. The molecule has 6 nitrogen and oxygen atoms in total. The van der Waals surface area contributed by atoms with Crippen LogP contribution in [0, 0.1) is 11.8 Å². The molecule has 4 rings (SSSR count). The van der Waals surface area contributed by atoms with Gasteiger partial charge in [-0.25, -0.2) is 9.97 Å². The van der Waals surface area contributed by atoms with Gasteiger partial charge in [-0.15, -0.1) is 0 Å². The topological polar surface area (TPSA) is 71.4 Å². The number of hydrogen-bond donors (Lipinski definition) is 2. The van der Waals surface area contributed by atoms with Crippen molar-refractivity contribution in [2.24, 2.45) is 0 Å². The molecule has 3 heterocycles. The molecule has 6 heteroatoms. The van der Waals surface area contributed by atoms with Crippen LogP contribution in [0.1, 0.15) is 45.0 Å². The Kier molecular flexibility index (Phi) is 4.58. The summed E-state index contributed by atoms with van der Waals surface area (Å²) in [6.07, 6.45) is 5.70. The van der Waals surface area contributed by atoms with Gasteiger partial charge in [0.15, 0.2) is 0 Å². The van der Waals surface area contributed by atoms with Crippen molar-refractivity contribution in [3.8, 4) is 11.8 Å². The van der Waals surface area contributed by atoms with Crippen LogP contribution in [-0.2, 0) is 0 Å². The summed E-state index contributed by atoms with van der Waals surface area (Å²) < 4.78 is 2.15. The van der Waals surface area contributed by atoms with Crippen molar-refractivity contribution >= 4 is 28.0 Å². The average molecular weight is 370 g/mol. The van der Waals surface area contributed by atoms with E-state index in [4.69, 9.17) is 0 Å². The lowest BCUT2D eigenvalue weighted by Gasteiger charge is -2.09. The molecule has 0 saturated heterocycles. The van der Waals surface area contributed by atoms with E-state index < -0.39 is 0 Å². The van der Waals surface area contributed by atoms with E-state index >= 15 is 0 Å². The van der Waals surface area contributed by atoms with Crippen LogP contribution in [0.2, 0.25) is 0 Å². The van der Waals surface area contributed by atoms with E-state index in [2.05, 4.69) is 55.5 Å². The van der Waals surface area contributed by atoms with E-state index in [1.807, 2.05) is 56.7 Å². The van der Waals surface area contributed by atoms with Crippen molar-refractivity contribution in [2.75, 3.05) is 5.32 Å². The number of hydrogen-bond acceptors (Lipinski definition) is 4. The predicted molar refractivity (Wildman–Crippen MR) is 113 cm³/mol. The van der Waals surface area contributed by atoms with E-state index in [1.54, 1.807) is 0 Å². The fourth-order valence-corrected chi connectivity index (χ4v) is 3.05. The number of aromatic nitrogens is 5. The second-order valence-corrected chi connectivity index (χ2v) is 6.90. The van der Waals surface area contributed by atoms with Crippen molar-refractivity contribution in [3.05, 3.63) is 59.8 Å². The molecule has 3 aromatic heterocycles. The first-order chi connectivity index (χ1) is 13.6. The lowest BCUT2D eigenvalue weighted by molar-refractivity contribution is 0.617. The second-order valence-electron chi connectivity index (χ2n) is 6.90. The van der Waals surface area contributed by atoms with Gasteiger partial charge in [-0.2, -0.15) is 4.98 Å². The van der Waals surface area contributed by atoms with E-state index in [9.17, 15) is 0 Å². The van der Waals surface area contributed by atoms with Gasteiger partial charge in [-0.05, 0) is 51.8 Å². The number of H-pyrrole nitrogens is 1. The molecule has 0 aliphatic rings. The van der Waals surface area contributed by atoms with Crippen LogP contribution in [0.3, 0.4) is 0 Å². The van der Waals surface area contributed by atoms with Gasteiger partial charge in [0.1, 0.15) is 11.3 Å². The molecule has 0 fully saturated rings. The zero-order valence-electron chi connectivity index (χ0n) is 16.4. The number of allylic oxidation sites excluding steroid dienone is 2. The van der Waals surface area contributed by atoms with E-state index in [-0.39, 0.29) is 0 Å². The summed E-state index contributed by atoms with van der Waals surface area (Å²) in [6, 6.07) is 8.27. The monoisotopic (exact) mass is 370 g/mol. The standard InChI is InChI=1S/C22H22N6/c1-5-15(4)25-22-26-18(17-11-12-23-21(17)27-22)10-9-16-7-6-8-19-20(16)28(13-24-19)14(2)3/h5-8,11-14H,1-4H3,(H2,23,25,26,27)/b15-5+. The number of rotatable bonds is 3. The number of benzene rings is 1. The third-order valence-corrected chi connectivity index (χ3v) is 4.62. The Labute approximate surface area is 163 Å². The number of anilines is 1. The van der Waals surface area contributed by atoms with Crippen LogP contribution in [0.15, 0.2) is 48.6 Å². The Bertz CT molecular complexity index is 1250. The summed E-state index contributed by atoms with van der Waals surface area (Å²) in [5.41, 5.74) is 5.36. The first kappa shape index (κ1) is 17.8. The van der Waals surface area contributed by atoms with Crippen LogP contribution < -0.4 is 5.32 Å². The Hall–Kier alpha value is -3.59. The van der Waals surface area contributed by atoms with Gasteiger partial charge in [-0.1, -0.05) is 18.1 Å². The molecule has 140 valence electrons. The molecule has 0 atom stereocenters. The predicted octanol–water partition coefficient (Wildman–Crippen LogP) is 4.62. The summed E-state index contributed by atoms with van der Waals surface area (Å²) in [6.45, 7) is 8.22. The highest BCUT2D eigenvalue weighted by molar-refractivity contribution is 5.85. The Morgan fingerprint density at radius 3 is 2.86 bits per heavy atom. The fourth-order valence-electron chi connectivity index (χ4n) is 3.05. The van der Waals surface area contributed by atoms with Crippen molar-refractivity contribution in [1.82, 2.24) is 24.5 Å². The molecule has 0 aliphatic heterocycles. The van der Waals surface area contributed by atoms with Gasteiger partial charge in [0.05, 0.1) is 28.3 Å². The molecular formula is C22H22N6. The van der Waals surface area contributed by atoms with Crippen LogP contribution in [-0.4, -0.2) is 24.5 Å². The number of fused-ring (bicyclic) bond motifs is 2. The highest BCUT2D eigenvalue weighted by atomic mass is 15.1. The molecule has 28 heavy (non-hydrogen) atoms. The Morgan fingerprint density at radius 1 is 1.21 bits per heavy atom. The van der Waals surface area contributed by atoms with Gasteiger partial charge in [0, 0.05) is 17.9 Å². The normalized spacial score (nSPS) is 11.8. The van der Waals surface area contributed by atoms with Gasteiger partial charge in [0.25, 0.3) is 0 Å². The Morgan fingerprint density at radius 2 is 2.07 bits per heavy atom. The van der Waals surface area contributed by atoms with Gasteiger partial charge < -0.3 is 14.9 Å². The molecule has 0 spiro atoms. The van der Waals surface area contributed by atoms with Crippen LogP contribution in [0.5, 0.6) is 0 Å². The Balaban J connectivity index is 1.84. The van der Waals surface area contributed by atoms with Crippen molar-refractivity contribution in [3.63, 3.8) is 0 Å². The van der Waals surface area contributed by atoms with Crippen LogP contribution in [0.4, 0.5) is 5.95 Å². The highest BCUT2D eigenvalue weighted by Crippen LogP contribution is 2.22. The number of imidazole rings is 1. The third-order valence-electron chi connectivity index (χ3n) is 4.62. The summed E-state index contributed by atoms with van der Waals surface area (Å²) >= 11 is 0. The number of aromatic amines is 1. The maximum absolute atomic E-state index is 4.62. The van der Waals surface area contributed by atoms with Gasteiger partial charge >= 0.3 is 0 Å². The minimum Gasteiger partial charge on any atom is -0.346 e. The summed E-state index contributed by atoms with van der Waals surface area (Å²) in [5.74, 6) is 7.08. The number of para-hydroxylation sites is 1. The molecular weight excluding hydrogens is 348 g/mol. The smallest absolute Gasteiger partial charge is 0.230 e. The van der Waals surface area contributed by atoms with E-state index in [0.29, 0.717) is 17.7 Å². The van der Waals surface area contributed by atoms with Crippen molar-refractivity contribution in [2.45, 2.75) is 33.7 Å². The lowest BCUT2D eigenvalue weighted by Crippen LogP contribution is -2.02. The van der Waals surface area contributed by atoms with Crippen LogP contribution >= 0.6 is 0 Å². The molecule has 0 saturated carbocycles. The first-order valence-corrected chi connectivity index (χ1v) is 9.29. The minimum absolute atomic E-state index is 0.308. The van der Waals surface area contributed by atoms with Gasteiger partial charge in [0.2, 0.25) is 5.95 Å². The lowest BCUT2D eigenvalue weighted by atomic mass is 10.1. The van der Waals surface area contributed by atoms with Crippen molar-refractivity contribution in [1.29, 1.82) is 0 Å². The molecule has 0 radical (unpaired) electrons. The zero-order valence-corrected chi connectivity index (χ0v) is 16.4. The molecule has 1 aromatic carbocycles.